The van der Waals surface area contributed by atoms with Gasteiger partial charge in [0.1, 0.15) is 5.82 Å². The van der Waals surface area contributed by atoms with Gasteiger partial charge in [-0.2, -0.15) is 5.26 Å². The van der Waals surface area contributed by atoms with Crippen LogP contribution in [-0.4, -0.2) is 4.98 Å². The summed E-state index contributed by atoms with van der Waals surface area (Å²) >= 11 is 0. The van der Waals surface area contributed by atoms with Crippen molar-refractivity contribution in [3.8, 4) is 6.07 Å². The standard InChI is InChI=1S/C11H13FN2/c1-4-8-5-6-9(12)10(14-8)11(2,3)7-13/h5-6H,4H2,1-3H3. The summed E-state index contributed by atoms with van der Waals surface area (Å²) in [5.41, 5.74) is 0.180. The van der Waals surface area contributed by atoms with Crippen LogP contribution >= 0.6 is 0 Å². The lowest BCUT2D eigenvalue weighted by atomic mass is 9.90. The van der Waals surface area contributed by atoms with Gasteiger partial charge in [-0.3, -0.25) is 4.98 Å². The van der Waals surface area contributed by atoms with Crippen LogP contribution in [-0.2, 0) is 11.8 Å². The Morgan fingerprint density at radius 1 is 1.50 bits per heavy atom. The average Bonchev–Trinajstić information content (AvgIpc) is 2.18. The third kappa shape index (κ3) is 1.90. The van der Waals surface area contributed by atoms with E-state index in [1.165, 1.54) is 6.07 Å². The molecule has 0 saturated heterocycles. The number of halogens is 1. The number of hydrogen-bond donors (Lipinski definition) is 0. The minimum absolute atomic E-state index is 0.236. The van der Waals surface area contributed by atoms with E-state index in [2.05, 4.69) is 4.98 Å². The van der Waals surface area contributed by atoms with Crippen molar-refractivity contribution >= 4 is 0 Å². The molecule has 0 aliphatic carbocycles. The molecule has 0 spiro atoms. The highest BCUT2D eigenvalue weighted by molar-refractivity contribution is 5.26. The first kappa shape index (κ1) is 10.6. The molecule has 0 aliphatic heterocycles. The maximum atomic E-state index is 13.4. The Kier molecular flexibility index (Phi) is 2.85. The second-order valence-electron chi connectivity index (χ2n) is 3.72. The molecule has 74 valence electrons. The summed E-state index contributed by atoms with van der Waals surface area (Å²) in [5.74, 6) is -0.409. The summed E-state index contributed by atoms with van der Waals surface area (Å²) in [7, 11) is 0. The van der Waals surface area contributed by atoms with E-state index >= 15 is 0 Å². The summed E-state index contributed by atoms with van der Waals surface area (Å²) in [4.78, 5) is 4.14. The molecule has 14 heavy (non-hydrogen) atoms. The molecule has 1 aromatic rings. The zero-order valence-corrected chi connectivity index (χ0v) is 8.63. The van der Waals surface area contributed by atoms with E-state index in [0.29, 0.717) is 0 Å². The van der Waals surface area contributed by atoms with Gasteiger partial charge in [-0.05, 0) is 32.4 Å². The van der Waals surface area contributed by atoms with E-state index < -0.39 is 11.2 Å². The first-order valence-electron chi connectivity index (χ1n) is 4.58. The summed E-state index contributed by atoms with van der Waals surface area (Å²) < 4.78 is 13.4. The van der Waals surface area contributed by atoms with Gasteiger partial charge in [0.2, 0.25) is 0 Å². The van der Waals surface area contributed by atoms with Gasteiger partial charge in [-0.15, -0.1) is 0 Å². The third-order valence-corrected chi connectivity index (χ3v) is 2.14. The van der Waals surface area contributed by atoms with E-state index in [0.717, 1.165) is 12.1 Å². The molecule has 0 N–H and O–H groups in total. The van der Waals surface area contributed by atoms with Crippen LogP contribution in [0.15, 0.2) is 12.1 Å². The Bertz CT molecular complexity index is 377. The molecule has 1 aromatic heterocycles. The number of nitrogens with zero attached hydrogens (tertiary/aromatic N) is 2. The van der Waals surface area contributed by atoms with Gasteiger partial charge in [0, 0.05) is 5.69 Å². The van der Waals surface area contributed by atoms with Crippen molar-refractivity contribution in [1.82, 2.24) is 4.98 Å². The Morgan fingerprint density at radius 3 is 2.64 bits per heavy atom. The largest absolute Gasteiger partial charge is 0.253 e. The highest BCUT2D eigenvalue weighted by Crippen LogP contribution is 2.23. The lowest BCUT2D eigenvalue weighted by Gasteiger charge is -2.15. The van der Waals surface area contributed by atoms with Crippen molar-refractivity contribution < 1.29 is 4.39 Å². The molecule has 0 radical (unpaired) electrons. The normalized spacial score (nSPS) is 11.1. The number of aromatic nitrogens is 1. The number of aryl methyl sites for hydroxylation is 1. The summed E-state index contributed by atoms with van der Waals surface area (Å²) in [6, 6.07) is 5.07. The van der Waals surface area contributed by atoms with Crippen molar-refractivity contribution in [3.63, 3.8) is 0 Å². The predicted molar refractivity (Wildman–Crippen MR) is 52.2 cm³/mol. The molecule has 1 rings (SSSR count). The highest BCUT2D eigenvalue weighted by Gasteiger charge is 2.25. The second kappa shape index (κ2) is 3.75. The molecule has 3 heteroatoms. The summed E-state index contributed by atoms with van der Waals surface area (Å²) in [6.45, 7) is 5.28. The average molecular weight is 192 g/mol. The fourth-order valence-corrected chi connectivity index (χ4v) is 1.17. The molecule has 0 atom stereocenters. The lowest BCUT2D eigenvalue weighted by Crippen LogP contribution is -2.19. The zero-order valence-electron chi connectivity index (χ0n) is 8.63. The molecule has 0 fully saturated rings. The van der Waals surface area contributed by atoms with Crippen LogP contribution < -0.4 is 0 Å². The number of pyridine rings is 1. The number of nitriles is 1. The van der Waals surface area contributed by atoms with Gasteiger partial charge in [0.15, 0.2) is 0 Å². The van der Waals surface area contributed by atoms with Crippen LogP contribution in [0, 0.1) is 17.1 Å². The van der Waals surface area contributed by atoms with Crippen molar-refractivity contribution in [2.45, 2.75) is 32.6 Å². The van der Waals surface area contributed by atoms with Gasteiger partial charge in [-0.1, -0.05) is 6.92 Å². The maximum Gasteiger partial charge on any atom is 0.146 e. The minimum atomic E-state index is -0.866. The molecular weight excluding hydrogens is 179 g/mol. The number of rotatable bonds is 2. The van der Waals surface area contributed by atoms with Crippen molar-refractivity contribution in [2.75, 3.05) is 0 Å². The van der Waals surface area contributed by atoms with Crippen molar-refractivity contribution in [3.05, 3.63) is 29.3 Å². The lowest BCUT2D eigenvalue weighted by molar-refractivity contribution is 0.542. The Balaban J connectivity index is 3.27. The van der Waals surface area contributed by atoms with E-state index in [-0.39, 0.29) is 5.69 Å². The molecule has 0 aliphatic rings. The first-order valence-corrected chi connectivity index (χ1v) is 4.58. The van der Waals surface area contributed by atoms with Crippen LogP contribution in [0.25, 0.3) is 0 Å². The fraction of sp³-hybridized carbons (Fsp3) is 0.455. The van der Waals surface area contributed by atoms with Crippen LogP contribution in [0.4, 0.5) is 4.39 Å². The van der Waals surface area contributed by atoms with Crippen LogP contribution in [0.3, 0.4) is 0 Å². The van der Waals surface area contributed by atoms with Gasteiger partial charge in [-0.25, -0.2) is 4.39 Å². The quantitative estimate of drug-likeness (QED) is 0.722. The Labute approximate surface area is 83.4 Å². The van der Waals surface area contributed by atoms with Gasteiger partial charge in [0.25, 0.3) is 0 Å². The van der Waals surface area contributed by atoms with Crippen LogP contribution in [0.5, 0.6) is 0 Å². The fourth-order valence-electron chi connectivity index (χ4n) is 1.17. The van der Waals surface area contributed by atoms with Crippen LogP contribution in [0.1, 0.15) is 32.2 Å². The van der Waals surface area contributed by atoms with E-state index in [1.54, 1.807) is 19.9 Å². The minimum Gasteiger partial charge on any atom is -0.253 e. The monoisotopic (exact) mass is 192 g/mol. The van der Waals surface area contributed by atoms with Gasteiger partial charge in [0.05, 0.1) is 17.2 Å². The van der Waals surface area contributed by atoms with Crippen molar-refractivity contribution in [2.24, 2.45) is 0 Å². The Hall–Kier alpha value is -1.43. The maximum absolute atomic E-state index is 13.4. The molecular formula is C11H13FN2. The molecule has 1 heterocycles. The topological polar surface area (TPSA) is 36.7 Å². The SMILES string of the molecule is CCc1ccc(F)c(C(C)(C)C#N)n1. The first-order chi connectivity index (χ1) is 6.51. The molecule has 0 saturated carbocycles. The summed E-state index contributed by atoms with van der Waals surface area (Å²) in [6.07, 6.45) is 0.745. The smallest absolute Gasteiger partial charge is 0.146 e. The van der Waals surface area contributed by atoms with E-state index in [9.17, 15) is 4.39 Å². The van der Waals surface area contributed by atoms with Gasteiger partial charge >= 0.3 is 0 Å². The summed E-state index contributed by atoms with van der Waals surface area (Å²) in [5, 5.41) is 8.88. The number of hydrogen-bond acceptors (Lipinski definition) is 2. The van der Waals surface area contributed by atoms with E-state index in [1.807, 2.05) is 13.0 Å². The second-order valence-corrected chi connectivity index (χ2v) is 3.72. The zero-order chi connectivity index (χ0) is 10.8. The van der Waals surface area contributed by atoms with Gasteiger partial charge < -0.3 is 0 Å². The van der Waals surface area contributed by atoms with E-state index in [4.69, 9.17) is 5.26 Å². The molecule has 0 amide bonds. The predicted octanol–water partition coefficient (Wildman–Crippen LogP) is 2.58. The van der Waals surface area contributed by atoms with Crippen LogP contribution in [0.2, 0.25) is 0 Å². The highest BCUT2D eigenvalue weighted by atomic mass is 19.1. The van der Waals surface area contributed by atoms with Crippen molar-refractivity contribution in [1.29, 1.82) is 5.26 Å². The molecule has 0 unspecified atom stereocenters. The third-order valence-electron chi connectivity index (χ3n) is 2.14. The molecule has 2 nitrogen and oxygen atoms in total. The molecule has 0 aromatic carbocycles. The molecule has 0 bridgehead atoms. The Morgan fingerprint density at radius 2 is 2.14 bits per heavy atom.